The van der Waals surface area contributed by atoms with Crippen LogP contribution in [0.1, 0.15) is 26.3 Å². The quantitative estimate of drug-likeness (QED) is 0.704. The Bertz CT molecular complexity index is 313. The lowest BCUT2D eigenvalue weighted by Crippen LogP contribution is -2.10. The van der Waals surface area contributed by atoms with Crippen molar-refractivity contribution in [3.05, 3.63) is 29.6 Å². The van der Waals surface area contributed by atoms with Crippen molar-refractivity contribution in [3.63, 3.8) is 0 Å². The molecule has 78 valence electrons. The van der Waals surface area contributed by atoms with E-state index in [-0.39, 0.29) is 11.2 Å². The van der Waals surface area contributed by atoms with Gasteiger partial charge in [-0.3, -0.25) is 0 Å². The number of hydrogen-bond donors (Lipinski definition) is 0. The van der Waals surface area contributed by atoms with Crippen LogP contribution < -0.4 is 4.74 Å². The highest BCUT2D eigenvalue weighted by atomic mass is 19.1. The fourth-order valence-corrected chi connectivity index (χ4v) is 1.44. The predicted molar refractivity (Wildman–Crippen MR) is 56.1 cm³/mol. The van der Waals surface area contributed by atoms with Crippen LogP contribution in [0.2, 0.25) is 0 Å². The second kappa shape index (κ2) is 3.99. The third kappa shape index (κ3) is 3.02. The third-order valence-electron chi connectivity index (χ3n) is 1.97. The van der Waals surface area contributed by atoms with Gasteiger partial charge in [0.05, 0.1) is 7.11 Å². The Morgan fingerprint density at radius 2 is 1.93 bits per heavy atom. The third-order valence-corrected chi connectivity index (χ3v) is 1.97. The van der Waals surface area contributed by atoms with Crippen molar-refractivity contribution >= 4 is 0 Å². The van der Waals surface area contributed by atoms with E-state index in [0.717, 1.165) is 12.0 Å². The Balaban J connectivity index is 2.97. The molecule has 0 radical (unpaired) electrons. The van der Waals surface area contributed by atoms with Crippen molar-refractivity contribution in [2.45, 2.75) is 27.2 Å². The van der Waals surface area contributed by atoms with E-state index in [2.05, 4.69) is 20.8 Å². The first-order chi connectivity index (χ1) is 6.42. The van der Waals surface area contributed by atoms with Crippen molar-refractivity contribution in [2.75, 3.05) is 7.11 Å². The molecule has 0 saturated heterocycles. The largest absolute Gasteiger partial charge is 0.496 e. The van der Waals surface area contributed by atoms with Gasteiger partial charge in [0.2, 0.25) is 0 Å². The van der Waals surface area contributed by atoms with Gasteiger partial charge in [-0.15, -0.1) is 0 Å². The molecule has 1 nitrogen and oxygen atoms in total. The minimum Gasteiger partial charge on any atom is -0.496 e. The van der Waals surface area contributed by atoms with Gasteiger partial charge in [-0.25, -0.2) is 4.39 Å². The number of methoxy groups -OCH3 is 1. The molecule has 0 spiro atoms. The predicted octanol–water partition coefficient (Wildman–Crippen LogP) is 3.42. The van der Waals surface area contributed by atoms with Gasteiger partial charge in [0.1, 0.15) is 11.6 Å². The zero-order valence-electron chi connectivity index (χ0n) is 9.23. The summed E-state index contributed by atoms with van der Waals surface area (Å²) in [6.07, 6.45) is 0.885. The molecule has 0 amide bonds. The lowest BCUT2D eigenvalue weighted by Gasteiger charge is -2.19. The molecule has 1 rings (SSSR count). The molecular formula is C12H17FO. The van der Waals surface area contributed by atoms with Crippen molar-refractivity contribution < 1.29 is 9.13 Å². The molecule has 0 N–H and O–H groups in total. The number of halogens is 1. The fraction of sp³-hybridized carbons (Fsp3) is 0.500. The number of rotatable bonds is 2. The molecule has 2 heteroatoms. The average Bonchev–Trinajstić information content (AvgIpc) is 2.06. The van der Waals surface area contributed by atoms with Crippen LogP contribution in [0, 0.1) is 11.2 Å². The minimum absolute atomic E-state index is 0.186. The molecule has 0 bridgehead atoms. The number of hydrogen-bond acceptors (Lipinski definition) is 1. The number of ether oxygens (including phenoxy) is 1. The maximum atomic E-state index is 12.9. The Labute approximate surface area is 84.9 Å². The summed E-state index contributed by atoms with van der Waals surface area (Å²) < 4.78 is 18.0. The first-order valence-corrected chi connectivity index (χ1v) is 4.75. The monoisotopic (exact) mass is 196 g/mol. The first-order valence-electron chi connectivity index (χ1n) is 4.75. The van der Waals surface area contributed by atoms with Gasteiger partial charge < -0.3 is 4.74 Å². The maximum absolute atomic E-state index is 12.9. The zero-order chi connectivity index (χ0) is 10.8. The summed E-state index contributed by atoms with van der Waals surface area (Å²) in [7, 11) is 1.57. The van der Waals surface area contributed by atoms with Crippen molar-refractivity contribution in [1.29, 1.82) is 0 Å². The molecule has 0 aliphatic carbocycles. The molecule has 0 atom stereocenters. The first kappa shape index (κ1) is 11.0. The molecule has 0 fully saturated rings. The lowest BCUT2D eigenvalue weighted by atomic mass is 9.88. The Kier molecular flexibility index (Phi) is 3.14. The molecule has 1 aromatic carbocycles. The van der Waals surface area contributed by atoms with Crippen LogP contribution in [0.4, 0.5) is 4.39 Å². The van der Waals surface area contributed by atoms with Gasteiger partial charge in [-0.1, -0.05) is 26.8 Å². The highest BCUT2D eigenvalue weighted by Crippen LogP contribution is 2.27. The molecule has 0 heterocycles. The highest BCUT2D eigenvalue weighted by molar-refractivity contribution is 5.34. The molecule has 1 aromatic rings. The second-order valence-corrected chi connectivity index (χ2v) is 4.69. The summed E-state index contributed by atoms with van der Waals surface area (Å²) >= 11 is 0. The van der Waals surface area contributed by atoms with Crippen molar-refractivity contribution in [2.24, 2.45) is 5.41 Å². The van der Waals surface area contributed by atoms with Crippen LogP contribution in [0.25, 0.3) is 0 Å². The van der Waals surface area contributed by atoms with E-state index in [1.165, 1.54) is 12.1 Å². The molecule has 0 aliphatic heterocycles. The smallest absolute Gasteiger partial charge is 0.126 e. The van der Waals surface area contributed by atoms with Gasteiger partial charge in [-0.2, -0.15) is 0 Å². The maximum Gasteiger partial charge on any atom is 0.126 e. The number of benzene rings is 1. The van der Waals surface area contributed by atoms with Gasteiger partial charge in [-0.05, 0) is 23.5 Å². The summed E-state index contributed by atoms with van der Waals surface area (Å²) in [5, 5.41) is 0. The summed E-state index contributed by atoms with van der Waals surface area (Å²) in [4.78, 5) is 0. The van der Waals surface area contributed by atoms with Crippen LogP contribution >= 0.6 is 0 Å². The highest BCUT2D eigenvalue weighted by Gasteiger charge is 2.14. The van der Waals surface area contributed by atoms with E-state index in [1.54, 1.807) is 13.2 Å². The summed E-state index contributed by atoms with van der Waals surface area (Å²) in [6.45, 7) is 6.45. The second-order valence-electron chi connectivity index (χ2n) is 4.69. The van der Waals surface area contributed by atoms with Crippen molar-refractivity contribution in [1.82, 2.24) is 0 Å². The van der Waals surface area contributed by atoms with Crippen LogP contribution in [0.3, 0.4) is 0 Å². The molecule has 0 aromatic heterocycles. The Hall–Kier alpha value is -1.05. The van der Waals surface area contributed by atoms with E-state index in [1.807, 2.05) is 0 Å². The van der Waals surface area contributed by atoms with E-state index >= 15 is 0 Å². The summed E-state index contributed by atoms with van der Waals surface area (Å²) in [6, 6.07) is 4.70. The van der Waals surface area contributed by atoms with Crippen LogP contribution in [0.15, 0.2) is 18.2 Å². The van der Waals surface area contributed by atoms with Crippen LogP contribution in [-0.4, -0.2) is 7.11 Å². The van der Waals surface area contributed by atoms with Crippen molar-refractivity contribution in [3.8, 4) is 5.75 Å². The molecular weight excluding hydrogens is 179 g/mol. The van der Waals surface area contributed by atoms with Crippen LogP contribution in [0.5, 0.6) is 5.75 Å². The molecule has 0 aliphatic rings. The minimum atomic E-state index is -0.250. The van der Waals surface area contributed by atoms with E-state index < -0.39 is 0 Å². The normalized spacial score (nSPS) is 11.5. The average molecular weight is 196 g/mol. The van der Waals surface area contributed by atoms with Gasteiger partial charge in [0, 0.05) is 6.07 Å². The van der Waals surface area contributed by atoms with E-state index in [4.69, 9.17) is 4.74 Å². The summed E-state index contributed by atoms with van der Waals surface area (Å²) in [5.41, 5.74) is 1.24. The van der Waals surface area contributed by atoms with Gasteiger partial charge >= 0.3 is 0 Å². The van der Waals surface area contributed by atoms with Crippen LogP contribution in [-0.2, 0) is 6.42 Å². The lowest BCUT2D eigenvalue weighted by molar-refractivity contribution is 0.376. The topological polar surface area (TPSA) is 9.23 Å². The Morgan fingerprint density at radius 1 is 1.29 bits per heavy atom. The zero-order valence-corrected chi connectivity index (χ0v) is 9.23. The standard InChI is InChI=1S/C12H17FO/c1-12(2,3)8-9-5-6-10(13)7-11(9)14-4/h5-7H,8H2,1-4H3. The summed E-state index contributed by atoms with van der Waals surface area (Å²) in [5.74, 6) is 0.388. The van der Waals surface area contributed by atoms with E-state index in [0.29, 0.717) is 5.75 Å². The van der Waals surface area contributed by atoms with E-state index in [9.17, 15) is 4.39 Å². The molecule has 0 unspecified atom stereocenters. The van der Waals surface area contributed by atoms with Gasteiger partial charge in [0.15, 0.2) is 0 Å². The molecule has 14 heavy (non-hydrogen) atoms. The van der Waals surface area contributed by atoms with Gasteiger partial charge in [0.25, 0.3) is 0 Å². The fourth-order valence-electron chi connectivity index (χ4n) is 1.44. The Morgan fingerprint density at radius 3 is 2.43 bits per heavy atom. The molecule has 0 saturated carbocycles. The SMILES string of the molecule is COc1cc(F)ccc1CC(C)(C)C.